The molecular weight excluding hydrogens is 228 g/mol. The highest BCUT2D eigenvalue weighted by atomic mass is 16.4. The van der Waals surface area contributed by atoms with Crippen LogP contribution in [0.4, 0.5) is 0 Å². The van der Waals surface area contributed by atoms with E-state index in [0.29, 0.717) is 6.01 Å². The number of nitrogens with zero attached hydrogens (tertiary/aromatic N) is 3. The number of aryl methyl sites for hydroxylation is 1. The Balaban J connectivity index is 2.28. The van der Waals surface area contributed by atoms with Gasteiger partial charge in [-0.15, -0.1) is 0 Å². The summed E-state index contributed by atoms with van der Waals surface area (Å²) in [5.41, 5.74) is 4.31. The molecule has 2 aromatic heterocycles. The SMILES string of the molecule is CCNCc1coc(-n2nc(C)c(CC)c2C)n1. The molecule has 0 aromatic carbocycles. The van der Waals surface area contributed by atoms with Crippen molar-refractivity contribution >= 4 is 0 Å². The summed E-state index contributed by atoms with van der Waals surface area (Å²) < 4.78 is 7.27. The summed E-state index contributed by atoms with van der Waals surface area (Å²) >= 11 is 0. The molecule has 0 aliphatic heterocycles. The van der Waals surface area contributed by atoms with Crippen LogP contribution in [0.5, 0.6) is 0 Å². The van der Waals surface area contributed by atoms with E-state index in [9.17, 15) is 0 Å². The molecule has 0 saturated heterocycles. The summed E-state index contributed by atoms with van der Waals surface area (Å²) in [6.45, 7) is 9.91. The largest absolute Gasteiger partial charge is 0.430 e. The van der Waals surface area contributed by atoms with Crippen LogP contribution in [0, 0.1) is 13.8 Å². The molecule has 0 fully saturated rings. The molecule has 2 rings (SSSR count). The Labute approximate surface area is 107 Å². The van der Waals surface area contributed by atoms with E-state index in [4.69, 9.17) is 4.42 Å². The molecule has 0 aliphatic rings. The van der Waals surface area contributed by atoms with Crippen LogP contribution in [0.25, 0.3) is 6.01 Å². The Bertz CT molecular complexity index is 527. The van der Waals surface area contributed by atoms with Gasteiger partial charge in [0.05, 0.1) is 11.4 Å². The van der Waals surface area contributed by atoms with Crippen LogP contribution in [0.1, 0.15) is 36.5 Å². The first kappa shape index (κ1) is 12.8. The van der Waals surface area contributed by atoms with E-state index in [1.54, 1.807) is 10.9 Å². The lowest BCUT2D eigenvalue weighted by atomic mass is 10.1. The van der Waals surface area contributed by atoms with Crippen molar-refractivity contribution in [1.29, 1.82) is 0 Å². The fourth-order valence-corrected chi connectivity index (χ4v) is 2.10. The van der Waals surface area contributed by atoms with Gasteiger partial charge < -0.3 is 9.73 Å². The van der Waals surface area contributed by atoms with E-state index in [-0.39, 0.29) is 0 Å². The maximum absolute atomic E-state index is 5.49. The van der Waals surface area contributed by atoms with Gasteiger partial charge in [-0.3, -0.25) is 0 Å². The molecule has 0 radical (unpaired) electrons. The molecule has 0 spiro atoms. The van der Waals surface area contributed by atoms with Gasteiger partial charge in [-0.2, -0.15) is 14.8 Å². The Morgan fingerprint density at radius 3 is 2.72 bits per heavy atom. The van der Waals surface area contributed by atoms with Gasteiger partial charge in [0.1, 0.15) is 6.26 Å². The van der Waals surface area contributed by atoms with E-state index in [1.807, 2.05) is 13.8 Å². The number of oxazole rings is 1. The fraction of sp³-hybridized carbons (Fsp3) is 0.538. The highest BCUT2D eigenvalue weighted by Crippen LogP contribution is 2.17. The van der Waals surface area contributed by atoms with E-state index in [0.717, 1.165) is 36.6 Å². The first-order chi connectivity index (χ1) is 8.67. The molecule has 18 heavy (non-hydrogen) atoms. The van der Waals surface area contributed by atoms with E-state index in [1.165, 1.54) is 5.56 Å². The molecule has 98 valence electrons. The quantitative estimate of drug-likeness (QED) is 0.881. The monoisotopic (exact) mass is 248 g/mol. The Hall–Kier alpha value is -1.62. The zero-order chi connectivity index (χ0) is 13.1. The van der Waals surface area contributed by atoms with Gasteiger partial charge in [-0.1, -0.05) is 13.8 Å². The lowest BCUT2D eigenvalue weighted by Crippen LogP contribution is -2.12. The predicted molar refractivity (Wildman–Crippen MR) is 69.9 cm³/mol. The smallest absolute Gasteiger partial charge is 0.323 e. The minimum Gasteiger partial charge on any atom is -0.430 e. The Morgan fingerprint density at radius 2 is 2.11 bits per heavy atom. The third-order valence-corrected chi connectivity index (χ3v) is 3.07. The van der Waals surface area contributed by atoms with Crippen LogP contribution in [-0.2, 0) is 13.0 Å². The summed E-state index contributed by atoms with van der Waals surface area (Å²) in [5, 5.41) is 7.70. The van der Waals surface area contributed by atoms with Crippen molar-refractivity contribution in [2.45, 2.75) is 40.7 Å². The topological polar surface area (TPSA) is 55.9 Å². The highest BCUT2D eigenvalue weighted by molar-refractivity contribution is 5.28. The first-order valence-corrected chi connectivity index (χ1v) is 6.37. The highest BCUT2D eigenvalue weighted by Gasteiger charge is 2.14. The summed E-state index contributed by atoms with van der Waals surface area (Å²) in [7, 11) is 0. The van der Waals surface area contributed by atoms with Crippen molar-refractivity contribution in [3.05, 3.63) is 28.9 Å². The maximum atomic E-state index is 5.49. The van der Waals surface area contributed by atoms with E-state index in [2.05, 4.69) is 29.2 Å². The molecule has 0 amide bonds. The third kappa shape index (κ3) is 2.31. The second-order valence-corrected chi connectivity index (χ2v) is 4.32. The molecule has 1 N–H and O–H groups in total. The molecule has 0 bridgehead atoms. The van der Waals surface area contributed by atoms with Gasteiger partial charge in [0.25, 0.3) is 0 Å². The standard InChI is InChI=1S/C13H20N4O/c1-5-12-9(3)16-17(10(12)4)13-15-11(8-18-13)7-14-6-2/h8,14H,5-7H2,1-4H3. The lowest BCUT2D eigenvalue weighted by Gasteiger charge is -1.98. The van der Waals surface area contributed by atoms with Crippen LogP contribution in [0.3, 0.4) is 0 Å². The molecule has 2 heterocycles. The molecular formula is C13H20N4O. The van der Waals surface area contributed by atoms with Crippen LogP contribution in [-0.4, -0.2) is 21.3 Å². The second-order valence-electron chi connectivity index (χ2n) is 4.32. The number of hydrogen-bond donors (Lipinski definition) is 1. The maximum Gasteiger partial charge on any atom is 0.323 e. The molecule has 2 aromatic rings. The average Bonchev–Trinajstić information content (AvgIpc) is 2.92. The van der Waals surface area contributed by atoms with E-state index < -0.39 is 0 Å². The second kappa shape index (κ2) is 5.35. The third-order valence-electron chi connectivity index (χ3n) is 3.07. The van der Waals surface area contributed by atoms with Gasteiger partial charge >= 0.3 is 6.01 Å². The number of nitrogens with one attached hydrogen (secondary N) is 1. The number of aromatic nitrogens is 3. The fourth-order valence-electron chi connectivity index (χ4n) is 2.10. The molecule has 0 saturated carbocycles. The molecule has 0 unspecified atom stereocenters. The molecule has 5 nitrogen and oxygen atoms in total. The minimum atomic E-state index is 0.545. The number of hydrogen-bond acceptors (Lipinski definition) is 4. The first-order valence-electron chi connectivity index (χ1n) is 6.37. The normalized spacial score (nSPS) is 11.1. The molecule has 0 aliphatic carbocycles. The van der Waals surface area contributed by atoms with Crippen LogP contribution in [0.15, 0.2) is 10.7 Å². The van der Waals surface area contributed by atoms with Gasteiger partial charge in [0.2, 0.25) is 0 Å². The van der Waals surface area contributed by atoms with Gasteiger partial charge in [0.15, 0.2) is 0 Å². The minimum absolute atomic E-state index is 0.545. The average molecular weight is 248 g/mol. The van der Waals surface area contributed by atoms with Crippen molar-refractivity contribution < 1.29 is 4.42 Å². The van der Waals surface area contributed by atoms with Gasteiger partial charge in [-0.05, 0) is 32.4 Å². The Morgan fingerprint density at radius 1 is 1.33 bits per heavy atom. The Kier molecular flexibility index (Phi) is 3.81. The van der Waals surface area contributed by atoms with Crippen LogP contribution in [0.2, 0.25) is 0 Å². The summed E-state index contributed by atoms with van der Waals surface area (Å²) in [6.07, 6.45) is 2.66. The van der Waals surface area contributed by atoms with E-state index >= 15 is 0 Å². The zero-order valence-corrected chi connectivity index (χ0v) is 11.4. The number of rotatable bonds is 5. The van der Waals surface area contributed by atoms with Gasteiger partial charge in [-0.25, -0.2) is 0 Å². The summed E-state index contributed by atoms with van der Waals surface area (Å²) in [4.78, 5) is 4.44. The van der Waals surface area contributed by atoms with Gasteiger partial charge in [0, 0.05) is 12.2 Å². The van der Waals surface area contributed by atoms with Crippen molar-refractivity contribution in [2.75, 3.05) is 6.54 Å². The van der Waals surface area contributed by atoms with Crippen molar-refractivity contribution in [3.63, 3.8) is 0 Å². The van der Waals surface area contributed by atoms with Crippen molar-refractivity contribution in [1.82, 2.24) is 20.1 Å². The van der Waals surface area contributed by atoms with Crippen molar-refractivity contribution in [3.8, 4) is 6.01 Å². The van der Waals surface area contributed by atoms with Crippen LogP contribution >= 0.6 is 0 Å². The predicted octanol–water partition coefficient (Wildman–Crippen LogP) is 2.15. The zero-order valence-electron chi connectivity index (χ0n) is 11.4. The summed E-state index contributed by atoms with van der Waals surface area (Å²) in [6, 6.07) is 0.545. The summed E-state index contributed by atoms with van der Waals surface area (Å²) in [5.74, 6) is 0. The molecule has 5 heteroatoms. The van der Waals surface area contributed by atoms with Crippen molar-refractivity contribution in [2.24, 2.45) is 0 Å². The molecule has 0 atom stereocenters. The lowest BCUT2D eigenvalue weighted by molar-refractivity contribution is 0.504. The van der Waals surface area contributed by atoms with Crippen LogP contribution < -0.4 is 5.32 Å².